The van der Waals surface area contributed by atoms with Gasteiger partial charge in [0.25, 0.3) is 5.91 Å². The van der Waals surface area contributed by atoms with Gasteiger partial charge in [0.15, 0.2) is 12.4 Å². The number of nitrogens with zero attached hydrogens (tertiary/aromatic N) is 2. The Morgan fingerprint density at radius 2 is 1.92 bits per heavy atom. The summed E-state index contributed by atoms with van der Waals surface area (Å²) in [6.45, 7) is 3.77. The summed E-state index contributed by atoms with van der Waals surface area (Å²) < 4.78 is 11.0. The molecule has 26 heavy (non-hydrogen) atoms. The van der Waals surface area contributed by atoms with Crippen LogP contribution < -0.4 is 14.8 Å². The molecule has 0 unspecified atom stereocenters. The minimum absolute atomic E-state index is 0.0382. The number of para-hydroxylation sites is 1. The van der Waals surface area contributed by atoms with Gasteiger partial charge in [0.1, 0.15) is 5.75 Å². The number of benzene rings is 2. The van der Waals surface area contributed by atoms with Crippen molar-refractivity contribution < 1.29 is 14.3 Å². The lowest BCUT2D eigenvalue weighted by Crippen LogP contribution is -2.34. The molecule has 0 aliphatic carbocycles. The quantitative estimate of drug-likeness (QED) is 0.738. The Morgan fingerprint density at radius 1 is 1.12 bits per heavy atom. The van der Waals surface area contributed by atoms with Crippen LogP contribution in [0.5, 0.6) is 11.6 Å². The zero-order chi connectivity index (χ0) is 18.5. The first kappa shape index (κ1) is 17.7. The number of carbonyl (C=O) groups excluding carboxylic acids is 1. The topological polar surface area (TPSA) is 73.3 Å². The van der Waals surface area contributed by atoms with Crippen LogP contribution in [0.2, 0.25) is 0 Å². The molecule has 3 rings (SSSR count). The van der Waals surface area contributed by atoms with E-state index >= 15 is 0 Å². The Balaban J connectivity index is 1.86. The number of hydrogen-bond acceptors (Lipinski definition) is 5. The van der Waals surface area contributed by atoms with E-state index in [-0.39, 0.29) is 18.6 Å². The van der Waals surface area contributed by atoms with Crippen LogP contribution in [0.1, 0.15) is 13.8 Å². The molecule has 1 aromatic heterocycles. The van der Waals surface area contributed by atoms with Crippen molar-refractivity contribution in [2.75, 3.05) is 13.7 Å². The summed E-state index contributed by atoms with van der Waals surface area (Å²) in [5.74, 6) is 1.48. The highest BCUT2D eigenvalue weighted by atomic mass is 16.5. The van der Waals surface area contributed by atoms with Gasteiger partial charge in [-0.1, -0.05) is 24.3 Å². The first-order valence-corrected chi connectivity index (χ1v) is 8.40. The molecule has 0 bridgehead atoms. The molecule has 6 heteroatoms. The van der Waals surface area contributed by atoms with E-state index in [1.165, 1.54) is 0 Å². The second-order valence-corrected chi connectivity index (χ2v) is 6.11. The number of amides is 1. The highest BCUT2D eigenvalue weighted by Crippen LogP contribution is 2.27. The first-order chi connectivity index (χ1) is 12.6. The zero-order valence-electron chi connectivity index (χ0n) is 15.0. The third-order valence-electron chi connectivity index (χ3n) is 3.67. The maximum atomic E-state index is 11.7. The molecule has 6 nitrogen and oxygen atoms in total. The number of nitrogens with one attached hydrogen (secondary N) is 1. The van der Waals surface area contributed by atoms with Gasteiger partial charge in [0.05, 0.1) is 18.0 Å². The zero-order valence-corrected chi connectivity index (χ0v) is 15.0. The second-order valence-electron chi connectivity index (χ2n) is 6.11. The van der Waals surface area contributed by atoms with E-state index in [9.17, 15) is 4.79 Å². The molecule has 1 amide bonds. The van der Waals surface area contributed by atoms with E-state index < -0.39 is 0 Å². The van der Waals surface area contributed by atoms with Gasteiger partial charge in [0, 0.05) is 11.6 Å². The van der Waals surface area contributed by atoms with Crippen molar-refractivity contribution in [2.24, 2.45) is 0 Å². The maximum absolute atomic E-state index is 11.7. The first-order valence-electron chi connectivity index (χ1n) is 8.40. The molecule has 0 radical (unpaired) electrons. The SMILES string of the molecule is COc1nc(-c2cccc(OCC(=O)NC(C)C)c2)nc2ccccc12. The number of aromatic nitrogens is 2. The number of rotatable bonds is 6. The van der Waals surface area contributed by atoms with E-state index in [1.807, 2.05) is 56.3 Å². The van der Waals surface area contributed by atoms with Crippen LogP contribution in [0.3, 0.4) is 0 Å². The van der Waals surface area contributed by atoms with E-state index in [0.29, 0.717) is 17.5 Å². The van der Waals surface area contributed by atoms with Gasteiger partial charge < -0.3 is 14.8 Å². The van der Waals surface area contributed by atoms with Gasteiger partial charge in [0.2, 0.25) is 5.88 Å². The Labute approximate surface area is 152 Å². The largest absolute Gasteiger partial charge is 0.484 e. The fraction of sp³-hybridized carbons (Fsp3) is 0.250. The minimum Gasteiger partial charge on any atom is -0.484 e. The van der Waals surface area contributed by atoms with E-state index in [1.54, 1.807) is 13.2 Å². The Bertz CT molecular complexity index is 925. The van der Waals surface area contributed by atoms with Crippen molar-refractivity contribution in [3.63, 3.8) is 0 Å². The molecule has 0 aliphatic heterocycles. The van der Waals surface area contributed by atoms with Gasteiger partial charge in [-0.25, -0.2) is 4.98 Å². The molecule has 0 saturated carbocycles. The summed E-state index contributed by atoms with van der Waals surface area (Å²) in [7, 11) is 1.59. The molecule has 3 aromatic rings. The van der Waals surface area contributed by atoms with Gasteiger partial charge in [-0.15, -0.1) is 0 Å². The van der Waals surface area contributed by atoms with Crippen LogP contribution in [0.25, 0.3) is 22.3 Å². The maximum Gasteiger partial charge on any atom is 0.258 e. The predicted octanol–water partition coefficient (Wildman–Crippen LogP) is 3.21. The highest BCUT2D eigenvalue weighted by Gasteiger charge is 2.11. The normalized spacial score (nSPS) is 10.8. The Hall–Kier alpha value is -3.15. The average Bonchev–Trinajstić information content (AvgIpc) is 2.65. The molecule has 0 atom stereocenters. The van der Waals surface area contributed by atoms with E-state index in [2.05, 4.69) is 15.3 Å². The smallest absolute Gasteiger partial charge is 0.258 e. The Kier molecular flexibility index (Phi) is 5.31. The molecule has 0 aliphatic rings. The van der Waals surface area contributed by atoms with Crippen LogP contribution in [-0.2, 0) is 4.79 Å². The summed E-state index contributed by atoms with van der Waals surface area (Å²) in [4.78, 5) is 20.8. The third kappa shape index (κ3) is 4.08. The fourth-order valence-electron chi connectivity index (χ4n) is 2.57. The van der Waals surface area contributed by atoms with Crippen LogP contribution in [0.15, 0.2) is 48.5 Å². The predicted molar refractivity (Wildman–Crippen MR) is 100 cm³/mol. The summed E-state index contributed by atoms with van der Waals surface area (Å²) in [6, 6.07) is 15.1. The summed E-state index contributed by atoms with van der Waals surface area (Å²) in [6.07, 6.45) is 0. The third-order valence-corrected chi connectivity index (χ3v) is 3.67. The standard InChI is InChI=1S/C20H21N3O3/c1-13(2)21-18(24)12-26-15-8-6-7-14(11-15)19-22-17-10-5-4-9-16(17)20(23-19)25-3/h4-11,13H,12H2,1-3H3,(H,21,24). The molecule has 0 saturated heterocycles. The van der Waals surface area contributed by atoms with Gasteiger partial charge in [-0.05, 0) is 38.1 Å². The van der Waals surface area contributed by atoms with Gasteiger partial charge >= 0.3 is 0 Å². The monoisotopic (exact) mass is 351 g/mol. The van der Waals surface area contributed by atoms with Crippen LogP contribution in [-0.4, -0.2) is 35.6 Å². The minimum atomic E-state index is -0.158. The van der Waals surface area contributed by atoms with Crippen molar-refractivity contribution in [3.8, 4) is 23.0 Å². The van der Waals surface area contributed by atoms with Gasteiger partial charge in [-0.2, -0.15) is 4.98 Å². The summed E-state index contributed by atoms with van der Waals surface area (Å²) in [5.41, 5.74) is 1.59. The molecular weight excluding hydrogens is 330 g/mol. The molecular formula is C20H21N3O3. The summed E-state index contributed by atoms with van der Waals surface area (Å²) >= 11 is 0. The molecule has 0 spiro atoms. The number of carbonyl (C=O) groups is 1. The number of fused-ring (bicyclic) bond motifs is 1. The lowest BCUT2D eigenvalue weighted by atomic mass is 10.2. The molecule has 0 fully saturated rings. The second kappa shape index (κ2) is 7.82. The number of ether oxygens (including phenoxy) is 2. The summed E-state index contributed by atoms with van der Waals surface area (Å²) in [5, 5.41) is 3.65. The van der Waals surface area contributed by atoms with Crippen LogP contribution >= 0.6 is 0 Å². The van der Waals surface area contributed by atoms with Crippen molar-refractivity contribution in [3.05, 3.63) is 48.5 Å². The lowest BCUT2D eigenvalue weighted by Gasteiger charge is -2.11. The van der Waals surface area contributed by atoms with Crippen LogP contribution in [0, 0.1) is 0 Å². The van der Waals surface area contributed by atoms with Crippen molar-refractivity contribution in [1.82, 2.24) is 15.3 Å². The number of hydrogen-bond donors (Lipinski definition) is 1. The molecule has 1 heterocycles. The van der Waals surface area contributed by atoms with E-state index in [4.69, 9.17) is 9.47 Å². The highest BCUT2D eigenvalue weighted by molar-refractivity contribution is 5.85. The van der Waals surface area contributed by atoms with Gasteiger partial charge in [-0.3, -0.25) is 4.79 Å². The van der Waals surface area contributed by atoms with Crippen molar-refractivity contribution >= 4 is 16.8 Å². The van der Waals surface area contributed by atoms with Crippen molar-refractivity contribution in [2.45, 2.75) is 19.9 Å². The number of methoxy groups -OCH3 is 1. The molecule has 1 N–H and O–H groups in total. The van der Waals surface area contributed by atoms with E-state index in [0.717, 1.165) is 16.5 Å². The molecule has 2 aromatic carbocycles. The molecule has 134 valence electrons. The van der Waals surface area contributed by atoms with Crippen LogP contribution in [0.4, 0.5) is 0 Å². The average molecular weight is 351 g/mol. The Morgan fingerprint density at radius 3 is 2.69 bits per heavy atom. The lowest BCUT2D eigenvalue weighted by molar-refractivity contribution is -0.123. The fourth-order valence-corrected chi connectivity index (χ4v) is 2.57. The van der Waals surface area contributed by atoms with Crippen molar-refractivity contribution in [1.29, 1.82) is 0 Å².